The molecule has 16 heavy (non-hydrogen) atoms. The van der Waals surface area contributed by atoms with E-state index in [9.17, 15) is 0 Å². The SMILES string of the molecule is CNc1cc(N(CCO)C(C)C)nc(C)n1. The molecule has 0 spiro atoms. The predicted octanol–water partition coefficient (Wildman–Crippen LogP) is 1.03. The first-order chi connectivity index (χ1) is 7.58. The monoisotopic (exact) mass is 224 g/mol. The van der Waals surface area contributed by atoms with Crippen molar-refractivity contribution in [2.45, 2.75) is 26.8 Å². The number of hydrogen-bond donors (Lipinski definition) is 2. The number of hydrogen-bond acceptors (Lipinski definition) is 5. The fraction of sp³-hybridized carbons (Fsp3) is 0.636. The summed E-state index contributed by atoms with van der Waals surface area (Å²) in [6.45, 7) is 6.72. The van der Waals surface area contributed by atoms with Gasteiger partial charge in [-0.1, -0.05) is 0 Å². The van der Waals surface area contributed by atoms with Crippen molar-refractivity contribution in [3.05, 3.63) is 11.9 Å². The highest BCUT2D eigenvalue weighted by molar-refractivity contribution is 5.49. The molecule has 0 amide bonds. The molecule has 0 fully saturated rings. The first kappa shape index (κ1) is 12.7. The van der Waals surface area contributed by atoms with Crippen LogP contribution in [-0.2, 0) is 0 Å². The van der Waals surface area contributed by atoms with Crippen LogP contribution in [0.3, 0.4) is 0 Å². The standard InChI is InChI=1S/C11H20N4O/c1-8(2)15(5-6-16)11-7-10(12-4)13-9(3)14-11/h7-8,16H,5-6H2,1-4H3,(H,12,13,14). The Morgan fingerprint density at radius 1 is 1.44 bits per heavy atom. The predicted molar refractivity (Wildman–Crippen MR) is 65.9 cm³/mol. The molecule has 5 nitrogen and oxygen atoms in total. The van der Waals surface area contributed by atoms with Crippen LogP contribution in [0.15, 0.2) is 6.07 Å². The molecular weight excluding hydrogens is 204 g/mol. The number of aryl methyl sites for hydroxylation is 1. The van der Waals surface area contributed by atoms with Crippen molar-refractivity contribution in [1.82, 2.24) is 9.97 Å². The lowest BCUT2D eigenvalue weighted by Crippen LogP contribution is -2.34. The average Bonchev–Trinajstić information content (AvgIpc) is 2.24. The smallest absolute Gasteiger partial charge is 0.134 e. The quantitative estimate of drug-likeness (QED) is 0.782. The van der Waals surface area contributed by atoms with E-state index in [0.717, 1.165) is 17.5 Å². The van der Waals surface area contributed by atoms with Crippen LogP contribution in [0.25, 0.3) is 0 Å². The molecule has 0 aliphatic heterocycles. The van der Waals surface area contributed by atoms with Gasteiger partial charge in [0.2, 0.25) is 0 Å². The number of nitrogens with zero attached hydrogens (tertiary/aromatic N) is 3. The molecule has 0 atom stereocenters. The van der Waals surface area contributed by atoms with Gasteiger partial charge in [-0.15, -0.1) is 0 Å². The van der Waals surface area contributed by atoms with E-state index in [-0.39, 0.29) is 6.61 Å². The molecule has 0 radical (unpaired) electrons. The maximum atomic E-state index is 9.04. The van der Waals surface area contributed by atoms with Crippen LogP contribution < -0.4 is 10.2 Å². The lowest BCUT2D eigenvalue weighted by atomic mass is 10.3. The molecule has 0 aliphatic carbocycles. The molecule has 0 saturated heterocycles. The van der Waals surface area contributed by atoms with Gasteiger partial charge in [-0.2, -0.15) is 0 Å². The summed E-state index contributed by atoms with van der Waals surface area (Å²) >= 11 is 0. The zero-order chi connectivity index (χ0) is 12.1. The maximum Gasteiger partial charge on any atom is 0.134 e. The lowest BCUT2D eigenvalue weighted by Gasteiger charge is -2.27. The third-order valence-electron chi connectivity index (χ3n) is 2.34. The second kappa shape index (κ2) is 5.65. The minimum atomic E-state index is 0.121. The van der Waals surface area contributed by atoms with Crippen LogP contribution >= 0.6 is 0 Å². The first-order valence-electron chi connectivity index (χ1n) is 5.49. The number of nitrogens with one attached hydrogen (secondary N) is 1. The summed E-state index contributed by atoms with van der Waals surface area (Å²) in [5.74, 6) is 2.37. The van der Waals surface area contributed by atoms with Gasteiger partial charge in [0.15, 0.2) is 0 Å². The molecule has 0 saturated carbocycles. The molecule has 1 aromatic heterocycles. The Kier molecular flexibility index (Phi) is 4.49. The fourth-order valence-corrected chi connectivity index (χ4v) is 1.57. The van der Waals surface area contributed by atoms with Gasteiger partial charge in [0.25, 0.3) is 0 Å². The van der Waals surface area contributed by atoms with Crippen molar-refractivity contribution < 1.29 is 5.11 Å². The van der Waals surface area contributed by atoms with Crippen LogP contribution in [0.2, 0.25) is 0 Å². The van der Waals surface area contributed by atoms with Crippen molar-refractivity contribution >= 4 is 11.6 Å². The summed E-state index contributed by atoms with van der Waals surface area (Å²) in [7, 11) is 1.83. The molecule has 0 bridgehead atoms. The molecule has 1 heterocycles. The number of aromatic nitrogens is 2. The number of anilines is 2. The Balaban J connectivity index is 3.03. The molecule has 0 unspecified atom stereocenters. The normalized spacial score (nSPS) is 10.6. The molecule has 90 valence electrons. The summed E-state index contributed by atoms with van der Waals surface area (Å²) < 4.78 is 0. The van der Waals surface area contributed by atoms with Crippen LogP contribution in [0.5, 0.6) is 0 Å². The lowest BCUT2D eigenvalue weighted by molar-refractivity contribution is 0.298. The Bertz CT molecular complexity index is 341. The van der Waals surface area contributed by atoms with Gasteiger partial charge in [0.1, 0.15) is 17.5 Å². The van der Waals surface area contributed by atoms with E-state index < -0.39 is 0 Å². The van der Waals surface area contributed by atoms with Gasteiger partial charge in [-0.25, -0.2) is 9.97 Å². The van der Waals surface area contributed by atoms with Gasteiger partial charge < -0.3 is 15.3 Å². The van der Waals surface area contributed by atoms with E-state index in [0.29, 0.717) is 12.6 Å². The Hall–Kier alpha value is -1.36. The molecule has 0 aliphatic rings. The summed E-state index contributed by atoms with van der Waals surface area (Å²) in [5, 5.41) is 12.0. The van der Waals surface area contributed by atoms with Gasteiger partial charge in [0.05, 0.1) is 6.61 Å². The zero-order valence-electron chi connectivity index (χ0n) is 10.4. The van der Waals surface area contributed by atoms with Gasteiger partial charge in [0, 0.05) is 25.7 Å². The van der Waals surface area contributed by atoms with Crippen LogP contribution in [-0.4, -0.2) is 41.3 Å². The summed E-state index contributed by atoms with van der Waals surface area (Å²) in [5.41, 5.74) is 0. The van der Waals surface area contributed by atoms with E-state index in [1.165, 1.54) is 0 Å². The fourth-order valence-electron chi connectivity index (χ4n) is 1.57. The summed E-state index contributed by atoms with van der Waals surface area (Å²) in [6, 6.07) is 2.19. The Morgan fingerprint density at radius 3 is 2.62 bits per heavy atom. The Labute approximate surface area is 96.5 Å². The third kappa shape index (κ3) is 3.06. The molecule has 2 N–H and O–H groups in total. The molecule has 5 heteroatoms. The Morgan fingerprint density at radius 2 is 2.12 bits per heavy atom. The number of rotatable bonds is 5. The van der Waals surface area contributed by atoms with E-state index in [2.05, 4.69) is 34.0 Å². The molecule has 1 aromatic rings. The number of aliphatic hydroxyl groups is 1. The van der Waals surface area contributed by atoms with Gasteiger partial charge in [-0.05, 0) is 20.8 Å². The highest BCUT2D eigenvalue weighted by Crippen LogP contribution is 2.17. The first-order valence-corrected chi connectivity index (χ1v) is 5.49. The van der Waals surface area contributed by atoms with E-state index >= 15 is 0 Å². The van der Waals surface area contributed by atoms with Crippen molar-refractivity contribution in [3.8, 4) is 0 Å². The van der Waals surface area contributed by atoms with E-state index in [1.807, 2.05) is 20.0 Å². The molecule has 0 aromatic carbocycles. The van der Waals surface area contributed by atoms with Crippen molar-refractivity contribution in [1.29, 1.82) is 0 Å². The topological polar surface area (TPSA) is 61.3 Å². The number of aliphatic hydroxyl groups excluding tert-OH is 1. The summed E-state index contributed by atoms with van der Waals surface area (Å²) in [6.07, 6.45) is 0. The van der Waals surface area contributed by atoms with Crippen LogP contribution in [0.4, 0.5) is 11.6 Å². The maximum absolute atomic E-state index is 9.04. The summed E-state index contributed by atoms with van der Waals surface area (Å²) in [4.78, 5) is 10.7. The van der Waals surface area contributed by atoms with Gasteiger partial charge >= 0.3 is 0 Å². The van der Waals surface area contributed by atoms with Crippen molar-refractivity contribution in [3.63, 3.8) is 0 Å². The zero-order valence-corrected chi connectivity index (χ0v) is 10.4. The van der Waals surface area contributed by atoms with Crippen molar-refractivity contribution in [2.75, 3.05) is 30.4 Å². The van der Waals surface area contributed by atoms with E-state index in [1.54, 1.807) is 0 Å². The second-order valence-corrected chi connectivity index (χ2v) is 3.92. The highest BCUT2D eigenvalue weighted by atomic mass is 16.3. The van der Waals surface area contributed by atoms with Crippen molar-refractivity contribution in [2.24, 2.45) is 0 Å². The minimum Gasteiger partial charge on any atom is -0.395 e. The van der Waals surface area contributed by atoms with Crippen LogP contribution in [0.1, 0.15) is 19.7 Å². The minimum absolute atomic E-state index is 0.121. The third-order valence-corrected chi connectivity index (χ3v) is 2.34. The van der Waals surface area contributed by atoms with Gasteiger partial charge in [-0.3, -0.25) is 0 Å². The molecule has 1 rings (SSSR count). The molecular formula is C11H20N4O. The largest absolute Gasteiger partial charge is 0.395 e. The second-order valence-electron chi connectivity index (χ2n) is 3.92. The highest BCUT2D eigenvalue weighted by Gasteiger charge is 2.12. The average molecular weight is 224 g/mol. The van der Waals surface area contributed by atoms with E-state index in [4.69, 9.17) is 5.11 Å². The van der Waals surface area contributed by atoms with Crippen LogP contribution in [0, 0.1) is 6.92 Å².